The molecule has 8 heteroatoms. The molecule has 5 rings (SSSR count). The van der Waals surface area contributed by atoms with Crippen LogP contribution in [0.5, 0.6) is 0 Å². The van der Waals surface area contributed by atoms with E-state index in [1.165, 1.54) is 22.1 Å². The molecule has 4 nitrogen and oxygen atoms in total. The van der Waals surface area contributed by atoms with Crippen LogP contribution in [0.4, 0.5) is 8.78 Å². The summed E-state index contributed by atoms with van der Waals surface area (Å²) in [5.74, 6) is -3.32. The van der Waals surface area contributed by atoms with Crippen molar-refractivity contribution < 1.29 is 8.78 Å². The third-order valence-electron chi connectivity index (χ3n) is 5.57. The number of halogens is 3. The number of alkyl halides is 2. The average Bonchev–Trinajstić information content (AvgIpc) is 3.02. The van der Waals surface area contributed by atoms with E-state index in [4.69, 9.17) is 16.6 Å². The van der Waals surface area contributed by atoms with Gasteiger partial charge in [-0.25, -0.2) is 18.7 Å². The molecular formula is C18H14ClF2N3OS. The summed E-state index contributed by atoms with van der Waals surface area (Å²) >= 11 is 7.22. The molecule has 0 N–H and O–H groups in total. The van der Waals surface area contributed by atoms with Crippen molar-refractivity contribution in [3.63, 3.8) is 0 Å². The number of aromatic nitrogens is 3. The maximum Gasteiger partial charge on any atom is 0.276 e. The normalized spacial score (nSPS) is 26.2. The zero-order valence-electron chi connectivity index (χ0n) is 13.7. The molecule has 2 aliphatic rings. The van der Waals surface area contributed by atoms with Gasteiger partial charge in [-0.05, 0) is 42.8 Å². The van der Waals surface area contributed by atoms with E-state index in [0.29, 0.717) is 39.7 Å². The molecule has 3 aromatic heterocycles. The van der Waals surface area contributed by atoms with Gasteiger partial charge in [-0.2, -0.15) is 0 Å². The SMILES string of the molecule is Cc1csc2c(=O)n(-c3ccc(Cl)nc3)c([C@H]3C[C@@H]4[C@H](C3)C4(F)F)nc12. The minimum atomic E-state index is -2.55. The fraction of sp³-hybridized carbons (Fsp3) is 0.389. The van der Waals surface area contributed by atoms with Crippen LogP contribution >= 0.6 is 22.9 Å². The Morgan fingerprint density at radius 1 is 1.31 bits per heavy atom. The topological polar surface area (TPSA) is 47.8 Å². The fourth-order valence-electron chi connectivity index (χ4n) is 4.15. The van der Waals surface area contributed by atoms with Crippen molar-refractivity contribution in [2.24, 2.45) is 11.8 Å². The van der Waals surface area contributed by atoms with Crippen molar-refractivity contribution >= 4 is 33.2 Å². The Kier molecular flexibility index (Phi) is 3.35. The van der Waals surface area contributed by atoms with E-state index >= 15 is 0 Å². The predicted molar refractivity (Wildman–Crippen MR) is 96.7 cm³/mol. The van der Waals surface area contributed by atoms with Crippen LogP contribution in [0, 0.1) is 18.8 Å². The summed E-state index contributed by atoms with van der Waals surface area (Å²) in [7, 11) is 0. The third-order valence-corrected chi connectivity index (χ3v) is 6.87. The molecule has 0 aromatic carbocycles. The van der Waals surface area contributed by atoms with Crippen LogP contribution < -0.4 is 5.56 Å². The Hall–Kier alpha value is -1.86. The molecule has 0 amide bonds. The van der Waals surface area contributed by atoms with Crippen molar-refractivity contribution in [1.82, 2.24) is 14.5 Å². The number of nitrogens with zero attached hydrogens (tertiary/aromatic N) is 3. The first-order valence-electron chi connectivity index (χ1n) is 8.38. The molecule has 0 saturated heterocycles. The van der Waals surface area contributed by atoms with Gasteiger partial charge < -0.3 is 0 Å². The van der Waals surface area contributed by atoms with Gasteiger partial charge >= 0.3 is 0 Å². The number of rotatable bonds is 2. The molecule has 3 atom stereocenters. The van der Waals surface area contributed by atoms with Gasteiger partial charge in [0.2, 0.25) is 0 Å². The lowest BCUT2D eigenvalue weighted by Gasteiger charge is -2.19. The van der Waals surface area contributed by atoms with Gasteiger partial charge in [0.05, 0.1) is 17.4 Å². The highest BCUT2D eigenvalue weighted by Crippen LogP contribution is 2.67. The van der Waals surface area contributed by atoms with Crippen LogP contribution in [-0.2, 0) is 0 Å². The summed E-state index contributed by atoms with van der Waals surface area (Å²) in [6.45, 7) is 1.91. The number of aryl methyl sites for hydroxylation is 1. The van der Waals surface area contributed by atoms with E-state index < -0.39 is 17.8 Å². The quantitative estimate of drug-likeness (QED) is 0.599. The number of fused-ring (bicyclic) bond motifs is 2. The predicted octanol–water partition coefficient (Wildman–Crippen LogP) is 4.56. The Labute approximate surface area is 156 Å². The minimum Gasteiger partial charge on any atom is -0.267 e. The molecule has 2 saturated carbocycles. The minimum absolute atomic E-state index is 0.156. The van der Waals surface area contributed by atoms with Crippen LogP contribution in [0.25, 0.3) is 15.9 Å². The zero-order valence-corrected chi connectivity index (χ0v) is 15.3. The van der Waals surface area contributed by atoms with E-state index in [1.54, 1.807) is 12.1 Å². The Morgan fingerprint density at radius 2 is 2.04 bits per heavy atom. The molecule has 3 heterocycles. The van der Waals surface area contributed by atoms with Crippen LogP contribution in [0.1, 0.15) is 30.1 Å². The van der Waals surface area contributed by atoms with Crippen LogP contribution in [0.15, 0.2) is 28.5 Å². The summed E-state index contributed by atoms with van der Waals surface area (Å²) in [5, 5.41) is 2.22. The van der Waals surface area contributed by atoms with Crippen molar-refractivity contribution in [2.75, 3.05) is 0 Å². The third kappa shape index (κ3) is 2.19. The summed E-state index contributed by atoms with van der Waals surface area (Å²) in [6, 6.07) is 3.32. The first-order valence-corrected chi connectivity index (χ1v) is 9.64. The van der Waals surface area contributed by atoms with Crippen LogP contribution in [0.3, 0.4) is 0 Å². The highest BCUT2D eigenvalue weighted by molar-refractivity contribution is 7.17. The summed E-state index contributed by atoms with van der Waals surface area (Å²) in [5.41, 5.74) is 1.97. The van der Waals surface area contributed by atoms with Gasteiger partial charge in [-0.1, -0.05) is 11.6 Å². The number of hydrogen-bond acceptors (Lipinski definition) is 4. The number of pyridine rings is 1. The van der Waals surface area contributed by atoms with Gasteiger partial charge in [0.25, 0.3) is 11.5 Å². The molecule has 0 unspecified atom stereocenters. The smallest absolute Gasteiger partial charge is 0.267 e. The maximum atomic E-state index is 13.6. The van der Waals surface area contributed by atoms with E-state index in [1.807, 2.05) is 12.3 Å². The lowest BCUT2D eigenvalue weighted by atomic mass is 10.0. The molecule has 0 bridgehead atoms. The fourth-order valence-corrected chi connectivity index (χ4v) is 5.17. The van der Waals surface area contributed by atoms with Crippen molar-refractivity contribution in [1.29, 1.82) is 0 Å². The maximum absolute atomic E-state index is 13.6. The van der Waals surface area contributed by atoms with Gasteiger partial charge in [0, 0.05) is 17.8 Å². The van der Waals surface area contributed by atoms with Gasteiger partial charge in [-0.3, -0.25) is 9.36 Å². The van der Waals surface area contributed by atoms with Gasteiger partial charge in [-0.15, -0.1) is 11.3 Å². The van der Waals surface area contributed by atoms with Crippen molar-refractivity contribution in [2.45, 2.75) is 31.6 Å². The Morgan fingerprint density at radius 3 is 2.69 bits per heavy atom. The van der Waals surface area contributed by atoms with Crippen molar-refractivity contribution in [3.05, 3.63) is 50.6 Å². The second kappa shape index (κ2) is 5.33. The van der Waals surface area contributed by atoms with Crippen LogP contribution in [0.2, 0.25) is 5.15 Å². The molecule has 0 aliphatic heterocycles. The molecule has 26 heavy (non-hydrogen) atoms. The standard InChI is InChI=1S/C18H14ClF2N3OS/c1-8-7-26-15-14(8)23-16(9-4-11-12(5-9)18(11,20)21)24(17(15)25)10-2-3-13(19)22-6-10/h2-3,6-7,9,11-12H,4-5H2,1H3/t9-,11+,12-. The zero-order chi connectivity index (χ0) is 18.2. The molecule has 0 radical (unpaired) electrons. The molecule has 3 aromatic rings. The summed E-state index contributed by atoms with van der Waals surface area (Å²) < 4.78 is 29.4. The van der Waals surface area contributed by atoms with E-state index in [-0.39, 0.29) is 11.5 Å². The molecular weight excluding hydrogens is 380 g/mol. The molecule has 2 aliphatic carbocycles. The van der Waals surface area contributed by atoms with Crippen molar-refractivity contribution in [3.8, 4) is 5.69 Å². The monoisotopic (exact) mass is 393 g/mol. The van der Waals surface area contributed by atoms with Gasteiger partial charge in [0.15, 0.2) is 0 Å². The molecule has 134 valence electrons. The second-order valence-corrected chi connectivity index (χ2v) is 8.37. The second-order valence-electron chi connectivity index (χ2n) is 7.10. The van der Waals surface area contributed by atoms with E-state index in [9.17, 15) is 13.6 Å². The Bertz CT molecular complexity index is 1080. The van der Waals surface area contributed by atoms with E-state index in [0.717, 1.165) is 5.56 Å². The highest BCUT2D eigenvalue weighted by atomic mass is 35.5. The molecule has 2 fully saturated rings. The largest absolute Gasteiger partial charge is 0.276 e. The summed E-state index contributed by atoms with van der Waals surface area (Å²) in [4.78, 5) is 22.0. The van der Waals surface area contributed by atoms with E-state index in [2.05, 4.69) is 4.98 Å². The highest BCUT2D eigenvalue weighted by Gasteiger charge is 2.71. The number of thiophene rings is 1. The molecule has 0 spiro atoms. The Balaban J connectivity index is 1.70. The lowest BCUT2D eigenvalue weighted by molar-refractivity contribution is 0.0689. The lowest BCUT2D eigenvalue weighted by Crippen LogP contribution is -2.25. The first-order chi connectivity index (χ1) is 12.4. The summed E-state index contributed by atoms with van der Waals surface area (Å²) in [6.07, 6.45) is 2.24. The first kappa shape index (κ1) is 16.3. The average molecular weight is 394 g/mol. The van der Waals surface area contributed by atoms with Crippen LogP contribution in [-0.4, -0.2) is 20.5 Å². The number of hydrogen-bond donors (Lipinski definition) is 0. The van der Waals surface area contributed by atoms with Gasteiger partial charge in [0.1, 0.15) is 15.7 Å².